The fourth-order valence-corrected chi connectivity index (χ4v) is 3.33. The van der Waals surface area contributed by atoms with E-state index in [9.17, 15) is 4.79 Å². The van der Waals surface area contributed by atoms with Gasteiger partial charge in [-0.05, 0) is 18.4 Å². The third-order valence-corrected chi connectivity index (χ3v) is 4.29. The molecule has 96 valence electrons. The molecule has 0 aromatic heterocycles. The van der Waals surface area contributed by atoms with Crippen molar-refractivity contribution >= 4 is 5.91 Å². The van der Waals surface area contributed by atoms with Gasteiger partial charge in [-0.1, -0.05) is 49.6 Å². The molecule has 1 saturated heterocycles. The second-order valence-electron chi connectivity index (χ2n) is 5.57. The molecular formula is C15H20N2O. The Labute approximate surface area is 108 Å². The Morgan fingerprint density at radius 2 is 1.83 bits per heavy atom. The highest BCUT2D eigenvalue weighted by atomic mass is 16.2. The van der Waals surface area contributed by atoms with E-state index in [4.69, 9.17) is 0 Å². The molecule has 1 spiro atoms. The number of hydrogen-bond acceptors (Lipinski definition) is 2. The lowest BCUT2D eigenvalue weighted by atomic mass is 9.79. The fraction of sp³-hybridized carbons (Fsp3) is 0.533. The van der Waals surface area contributed by atoms with Crippen LogP contribution in [0.5, 0.6) is 0 Å². The molecule has 3 rings (SSSR count). The molecule has 18 heavy (non-hydrogen) atoms. The molecule has 0 atom stereocenters. The topological polar surface area (TPSA) is 32.3 Å². The van der Waals surface area contributed by atoms with Crippen molar-refractivity contribution in [2.45, 2.75) is 50.6 Å². The maximum Gasteiger partial charge on any atom is 0.236 e. The van der Waals surface area contributed by atoms with Gasteiger partial charge in [-0.25, -0.2) is 5.01 Å². The van der Waals surface area contributed by atoms with Crippen molar-refractivity contribution < 1.29 is 4.79 Å². The van der Waals surface area contributed by atoms with E-state index < -0.39 is 0 Å². The van der Waals surface area contributed by atoms with Gasteiger partial charge in [0.2, 0.25) is 5.91 Å². The molecule has 3 heteroatoms. The summed E-state index contributed by atoms with van der Waals surface area (Å²) in [6.45, 7) is 0.826. The maximum absolute atomic E-state index is 11.8. The van der Waals surface area contributed by atoms with Crippen molar-refractivity contribution in [2.75, 3.05) is 0 Å². The summed E-state index contributed by atoms with van der Waals surface area (Å²) in [6.07, 6.45) is 6.80. The van der Waals surface area contributed by atoms with E-state index in [0.717, 1.165) is 19.4 Å². The molecule has 0 radical (unpaired) electrons. The van der Waals surface area contributed by atoms with E-state index in [1.54, 1.807) is 0 Å². The third kappa shape index (κ3) is 2.15. The van der Waals surface area contributed by atoms with Gasteiger partial charge in [0.1, 0.15) is 0 Å². The Kier molecular flexibility index (Phi) is 3.08. The van der Waals surface area contributed by atoms with Crippen LogP contribution in [-0.4, -0.2) is 16.5 Å². The second-order valence-corrected chi connectivity index (χ2v) is 5.57. The van der Waals surface area contributed by atoms with E-state index in [-0.39, 0.29) is 11.4 Å². The van der Waals surface area contributed by atoms with Gasteiger partial charge in [0.25, 0.3) is 0 Å². The average molecular weight is 244 g/mol. The van der Waals surface area contributed by atoms with E-state index >= 15 is 0 Å². The van der Waals surface area contributed by atoms with Gasteiger partial charge in [0, 0.05) is 18.5 Å². The largest absolute Gasteiger partial charge is 0.288 e. The van der Waals surface area contributed by atoms with Gasteiger partial charge >= 0.3 is 0 Å². The SMILES string of the molecule is O=C1CC2(CCCCC2)N(Cc2ccccc2)N1. The highest BCUT2D eigenvalue weighted by Gasteiger charge is 2.45. The lowest BCUT2D eigenvalue weighted by Crippen LogP contribution is -2.48. The normalized spacial score (nSPS) is 23.2. The van der Waals surface area contributed by atoms with Crippen molar-refractivity contribution in [3.05, 3.63) is 35.9 Å². The molecule has 1 N–H and O–H groups in total. The number of amides is 1. The van der Waals surface area contributed by atoms with Crippen LogP contribution in [0.2, 0.25) is 0 Å². The average Bonchev–Trinajstić information content (AvgIpc) is 2.67. The molecule has 1 aromatic carbocycles. The smallest absolute Gasteiger partial charge is 0.236 e. The number of nitrogens with one attached hydrogen (secondary N) is 1. The van der Waals surface area contributed by atoms with Crippen LogP contribution in [0.3, 0.4) is 0 Å². The van der Waals surface area contributed by atoms with Crippen LogP contribution >= 0.6 is 0 Å². The number of benzene rings is 1. The summed E-state index contributed by atoms with van der Waals surface area (Å²) in [4.78, 5) is 11.8. The summed E-state index contributed by atoms with van der Waals surface area (Å²) in [5.74, 6) is 0.188. The summed E-state index contributed by atoms with van der Waals surface area (Å²) in [5, 5.41) is 2.20. The zero-order valence-corrected chi connectivity index (χ0v) is 10.7. The monoisotopic (exact) mass is 244 g/mol. The molecule has 1 saturated carbocycles. The van der Waals surface area contributed by atoms with Gasteiger partial charge < -0.3 is 0 Å². The van der Waals surface area contributed by atoms with Gasteiger partial charge in [0.15, 0.2) is 0 Å². The number of nitrogens with zero attached hydrogens (tertiary/aromatic N) is 1. The molecule has 1 aromatic rings. The molecule has 3 nitrogen and oxygen atoms in total. The summed E-state index contributed by atoms with van der Waals surface area (Å²) < 4.78 is 0. The molecule has 1 amide bonds. The first kappa shape index (κ1) is 11.7. The molecule has 0 bridgehead atoms. The number of rotatable bonds is 2. The zero-order chi connectivity index (χ0) is 12.4. The van der Waals surface area contributed by atoms with Crippen molar-refractivity contribution in [3.63, 3.8) is 0 Å². The first-order chi connectivity index (χ1) is 8.78. The van der Waals surface area contributed by atoms with Gasteiger partial charge in [0.05, 0.1) is 0 Å². The second kappa shape index (κ2) is 4.73. The Morgan fingerprint density at radius 3 is 2.56 bits per heavy atom. The Morgan fingerprint density at radius 1 is 1.11 bits per heavy atom. The lowest BCUT2D eigenvalue weighted by molar-refractivity contribution is -0.121. The van der Waals surface area contributed by atoms with Crippen LogP contribution < -0.4 is 5.43 Å². The standard InChI is InChI=1S/C15H20N2O/c18-14-11-15(9-5-2-6-10-15)17(16-14)12-13-7-3-1-4-8-13/h1,3-4,7-8H,2,5-6,9-12H2,(H,16,18). The summed E-state index contributed by atoms with van der Waals surface area (Å²) in [5.41, 5.74) is 4.41. The van der Waals surface area contributed by atoms with Crippen LogP contribution in [0.15, 0.2) is 30.3 Å². The van der Waals surface area contributed by atoms with Gasteiger partial charge in [-0.3, -0.25) is 10.2 Å². The fourth-order valence-electron chi connectivity index (χ4n) is 3.33. The van der Waals surface area contributed by atoms with Crippen molar-refractivity contribution in [1.29, 1.82) is 0 Å². The van der Waals surface area contributed by atoms with E-state index in [0.29, 0.717) is 6.42 Å². The summed E-state index contributed by atoms with van der Waals surface area (Å²) in [7, 11) is 0. The van der Waals surface area contributed by atoms with Crippen LogP contribution in [0.1, 0.15) is 44.1 Å². The number of carbonyl (C=O) groups is 1. The zero-order valence-electron chi connectivity index (χ0n) is 10.7. The Balaban J connectivity index is 1.79. The van der Waals surface area contributed by atoms with Crippen molar-refractivity contribution in [3.8, 4) is 0 Å². The van der Waals surface area contributed by atoms with E-state index in [1.165, 1.54) is 24.8 Å². The Hall–Kier alpha value is -1.35. The minimum absolute atomic E-state index is 0.0885. The van der Waals surface area contributed by atoms with Gasteiger partial charge in [-0.2, -0.15) is 0 Å². The van der Waals surface area contributed by atoms with Crippen LogP contribution in [-0.2, 0) is 11.3 Å². The minimum atomic E-state index is 0.0885. The molecule has 1 aliphatic carbocycles. The molecule has 0 unspecified atom stereocenters. The minimum Gasteiger partial charge on any atom is -0.288 e. The maximum atomic E-state index is 11.8. The first-order valence-corrected chi connectivity index (χ1v) is 6.90. The molecule has 2 aliphatic rings. The highest BCUT2D eigenvalue weighted by Crippen LogP contribution is 2.39. The van der Waals surface area contributed by atoms with Crippen molar-refractivity contribution in [1.82, 2.24) is 10.4 Å². The quantitative estimate of drug-likeness (QED) is 0.867. The molecular weight excluding hydrogens is 224 g/mol. The van der Waals surface area contributed by atoms with Crippen molar-refractivity contribution in [2.24, 2.45) is 0 Å². The number of hydrogen-bond donors (Lipinski definition) is 1. The molecule has 1 aliphatic heterocycles. The first-order valence-electron chi connectivity index (χ1n) is 6.90. The molecule has 2 fully saturated rings. The number of hydrazine groups is 1. The summed E-state index contributed by atoms with van der Waals surface area (Å²) >= 11 is 0. The predicted molar refractivity (Wildman–Crippen MR) is 70.6 cm³/mol. The lowest BCUT2D eigenvalue weighted by Gasteiger charge is -2.39. The van der Waals surface area contributed by atoms with Gasteiger partial charge in [-0.15, -0.1) is 0 Å². The van der Waals surface area contributed by atoms with Crippen LogP contribution in [0.25, 0.3) is 0 Å². The van der Waals surface area contributed by atoms with Crippen LogP contribution in [0, 0.1) is 0 Å². The third-order valence-electron chi connectivity index (χ3n) is 4.29. The van der Waals surface area contributed by atoms with E-state index in [2.05, 4.69) is 34.7 Å². The molecule has 1 heterocycles. The van der Waals surface area contributed by atoms with Crippen LogP contribution in [0.4, 0.5) is 0 Å². The predicted octanol–water partition coefficient (Wildman–Crippen LogP) is 2.63. The number of carbonyl (C=O) groups excluding carboxylic acids is 1. The summed E-state index contributed by atoms with van der Waals surface area (Å²) in [6, 6.07) is 10.4. The van der Waals surface area contributed by atoms with E-state index in [1.807, 2.05) is 6.07 Å². The highest BCUT2D eigenvalue weighted by molar-refractivity contribution is 5.79. The Bertz CT molecular complexity index is 423.